The van der Waals surface area contributed by atoms with Gasteiger partial charge in [-0.3, -0.25) is 4.98 Å². The lowest BCUT2D eigenvalue weighted by Crippen LogP contribution is -2.06. The standard InChI is InChI=1S/C12H11N5/c13-7-9-4-6-16-12(11(9)14)17-8-10-3-1-2-5-15-10/h1-6H,8,14H2,(H,16,17). The fourth-order valence-corrected chi connectivity index (χ4v) is 1.39. The van der Waals surface area contributed by atoms with E-state index in [1.54, 1.807) is 18.5 Å². The maximum Gasteiger partial charge on any atom is 0.150 e. The van der Waals surface area contributed by atoms with Crippen LogP contribution in [0.2, 0.25) is 0 Å². The Bertz CT molecular complexity index is 545. The molecule has 2 aromatic rings. The van der Waals surface area contributed by atoms with Gasteiger partial charge in [0.1, 0.15) is 6.07 Å². The third-order valence-electron chi connectivity index (χ3n) is 2.27. The predicted molar refractivity (Wildman–Crippen MR) is 64.9 cm³/mol. The van der Waals surface area contributed by atoms with Crippen LogP contribution in [0.3, 0.4) is 0 Å². The molecule has 0 atom stereocenters. The van der Waals surface area contributed by atoms with Crippen molar-refractivity contribution in [3.8, 4) is 6.07 Å². The number of nitriles is 1. The molecule has 0 radical (unpaired) electrons. The number of nitrogens with one attached hydrogen (secondary N) is 1. The van der Waals surface area contributed by atoms with E-state index >= 15 is 0 Å². The van der Waals surface area contributed by atoms with Crippen LogP contribution in [-0.2, 0) is 6.54 Å². The Morgan fingerprint density at radius 2 is 2.12 bits per heavy atom. The van der Waals surface area contributed by atoms with Crippen molar-refractivity contribution in [1.29, 1.82) is 5.26 Å². The van der Waals surface area contributed by atoms with Crippen molar-refractivity contribution >= 4 is 11.5 Å². The minimum atomic E-state index is 0.367. The minimum absolute atomic E-state index is 0.367. The van der Waals surface area contributed by atoms with Gasteiger partial charge in [-0.15, -0.1) is 0 Å². The van der Waals surface area contributed by atoms with Gasteiger partial charge in [0.15, 0.2) is 5.82 Å². The second-order valence-electron chi connectivity index (χ2n) is 3.41. The van der Waals surface area contributed by atoms with Gasteiger partial charge in [0, 0.05) is 12.4 Å². The highest BCUT2D eigenvalue weighted by Gasteiger charge is 2.05. The first-order valence-corrected chi connectivity index (χ1v) is 5.09. The van der Waals surface area contributed by atoms with Gasteiger partial charge in [-0.05, 0) is 18.2 Å². The van der Waals surface area contributed by atoms with Crippen LogP contribution in [0.4, 0.5) is 11.5 Å². The van der Waals surface area contributed by atoms with Gasteiger partial charge in [-0.2, -0.15) is 5.26 Å². The molecule has 0 aromatic carbocycles. The fourth-order valence-electron chi connectivity index (χ4n) is 1.39. The average molecular weight is 225 g/mol. The molecule has 0 aliphatic heterocycles. The molecule has 2 aromatic heterocycles. The van der Waals surface area contributed by atoms with Crippen LogP contribution in [0.15, 0.2) is 36.7 Å². The van der Waals surface area contributed by atoms with Crippen LogP contribution >= 0.6 is 0 Å². The number of hydrogen-bond donors (Lipinski definition) is 2. The lowest BCUT2D eigenvalue weighted by atomic mass is 10.2. The Morgan fingerprint density at radius 3 is 2.82 bits per heavy atom. The van der Waals surface area contributed by atoms with Crippen molar-refractivity contribution in [2.24, 2.45) is 0 Å². The third-order valence-corrected chi connectivity index (χ3v) is 2.27. The summed E-state index contributed by atoms with van der Waals surface area (Å²) in [7, 11) is 0. The molecule has 17 heavy (non-hydrogen) atoms. The molecular formula is C12H11N5. The van der Waals surface area contributed by atoms with E-state index in [-0.39, 0.29) is 0 Å². The fraction of sp³-hybridized carbons (Fsp3) is 0.0833. The van der Waals surface area contributed by atoms with E-state index in [2.05, 4.69) is 15.3 Å². The summed E-state index contributed by atoms with van der Waals surface area (Å²) in [6.45, 7) is 0.521. The Kier molecular flexibility index (Phi) is 3.17. The highest BCUT2D eigenvalue weighted by atomic mass is 15.0. The van der Waals surface area contributed by atoms with Crippen molar-refractivity contribution < 1.29 is 0 Å². The second-order valence-corrected chi connectivity index (χ2v) is 3.41. The minimum Gasteiger partial charge on any atom is -0.395 e. The lowest BCUT2D eigenvalue weighted by molar-refractivity contribution is 1.03. The van der Waals surface area contributed by atoms with Gasteiger partial charge in [0.05, 0.1) is 23.5 Å². The third kappa shape index (κ3) is 2.49. The monoisotopic (exact) mass is 225 g/mol. The summed E-state index contributed by atoms with van der Waals surface area (Å²) >= 11 is 0. The summed E-state index contributed by atoms with van der Waals surface area (Å²) in [6.07, 6.45) is 3.27. The van der Waals surface area contributed by atoms with Crippen molar-refractivity contribution in [2.75, 3.05) is 11.1 Å². The molecule has 0 unspecified atom stereocenters. The van der Waals surface area contributed by atoms with Gasteiger partial charge in [0.2, 0.25) is 0 Å². The first-order chi connectivity index (χ1) is 8.31. The zero-order chi connectivity index (χ0) is 12.1. The molecule has 3 N–H and O–H groups in total. The zero-order valence-corrected chi connectivity index (χ0v) is 9.09. The average Bonchev–Trinajstić information content (AvgIpc) is 2.39. The summed E-state index contributed by atoms with van der Waals surface area (Å²) in [5, 5.41) is 11.9. The first-order valence-electron chi connectivity index (χ1n) is 5.09. The van der Waals surface area contributed by atoms with E-state index in [0.29, 0.717) is 23.6 Å². The van der Waals surface area contributed by atoms with Crippen molar-refractivity contribution in [3.63, 3.8) is 0 Å². The van der Waals surface area contributed by atoms with E-state index in [1.165, 1.54) is 0 Å². The zero-order valence-electron chi connectivity index (χ0n) is 9.09. The molecule has 0 fully saturated rings. The van der Waals surface area contributed by atoms with Crippen molar-refractivity contribution in [3.05, 3.63) is 47.9 Å². The molecule has 0 saturated carbocycles. The summed E-state index contributed by atoms with van der Waals surface area (Å²) in [6, 6.07) is 9.26. The number of aromatic nitrogens is 2. The predicted octanol–water partition coefficient (Wildman–Crippen LogP) is 1.54. The first kappa shape index (κ1) is 10.9. The normalized spacial score (nSPS) is 9.59. The molecule has 0 bridgehead atoms. The number of hydrogen-bond acceptors (Lipinski definition) is 5. The van der Waals surface area contributed by atoms with Crippen LogP contribution in [-0.4, -0.2) is 9.97 Å². The van der Waals surface area contributed by atoms with E-state index in [9.17, 15) is 0 Å². The molecule has 84 valence electrons. The van der Waals surface area contributed by atoms with Crippen molar-refractivity contribution in [2.45, 2.75) is 6.54 Å². The van der Waals surface area contributed by atoms with E-state index in [0.717, 1.165) is 5.69 Å². The second kappa shape index (κ2) is 4.94. The molecule has 0 spiro atoms. The van der Waals surface area contributed by atoms with Gasteiger partial charge in [-0.1, -0.05) is 6.07 Å². The summed E-state index contributed by atoms with van der Waals surface area (Å²) in [4.78, 5) is 8.26. The van der Waals surface area contributed by atoms with Crippen LogP contribution in [0, 0.1) is 11.3 Å². The Labute approximate surface area is 98.9 Å². The van der Waals surface area contributed by atoms with E-state index in [1.807, 2.05) is 24.3 Å². The van der Waals surface area contributed by atoms with Gasteiger partial charge < -0.3 is 11.1 Å². The highest BCUT2D eigenvalue weighted by Crippen LogP contribution is 2.19. The van der Waals surface area contributed by atoms with Crippen LogP contribution in [0.5, 0.6) is 0 Å². The number of nitrogens with two attached hydrogens (primary N) is 1. The summed E-state index contributed by atoms with van der Waals surface area (Å²) < 4.78 is 0. The molecule has 0 aliphatic rings. The van der Waals surface area contributed by atoms with E-state index in [4.69, 9.17) is 11.0 Å². The smallest absolute Gasteiger partial charge is 0.150 e. The highest BCUT2D eigenvalue weighted by molar-refractivity contribution is 5.68. The number of nitrogens with zero attached hydrogens (tertiary/aromatic N) is 3. The molecular weight excluding hydrogens is 214 g/mol. The molecule has 2 heterocycles. The summed E-state index contributed by atoms with van der Waals surface area (Å²) in [5.74, 6) is 0.509. The molecule has 2 rings (SSSR count). The SMILES string of the molecule is N#Cc1ccnc(NCc2ccccn2)c1N. The van der Waals surface area contributed by atoms with Crippen LogP contribution in [0.1, 0.15) is 11.3 Å². The Balaban J connectivity index is 2.13. The van der Waals surface area contributed by atoms with E-state index < -0.39 is 0 Å². The molecule has 5 nitrogen and oxygen atoms in total. The van der Waals surface area contributed by atoms with Gasteiger partial charge in [-0.25, -0.2) is 4.98 Å². The largest absolute Gasteiger partial charge is 0.395 e. The maximum atomic E-state index is 8.83. The number of rotatable bonds is 3. The number of anilines is 2. The Morgan fingerprint density at radius 1 is 1.24 bits per heavy atom. The van der Waals surface area contributed by atoms with Crippen LogP contribution in [0.25, 0.3) is 0 Å². The quantitative estimate of drug-likeness (QED) is 0.827. The van der Waals surface area contributed by atoms with Gasteiger partial charge in [0.25, 0.3) is 0 Å². The summed E-state index contributed by atoms with van der Waals surface area (Å²) in [5.41, 5.74) is 7.46. The van der Waals surface area contributed by atoms with Crippen molar-refractivity contribution in [1.82, 2.24) is 9.97 Å². The molecule has 5 heteroatoms. The molecule has 0 aliphatic carbocycles. The molecule has 0 amide bonds. The topological polar surface area (TPSA) is 87.6 Å². The number of nitrogen functional groups attached to an aromatic ring is 1. The lowest BCUT2D eigenvalue weighted by Gasteiger charge is -2.08. The van der Waals surface area contributed by atoms with Gasteiger partial charge >= 0.3 is 0 Å². The number of pyridine rings is 2. The maximum absolute atomic E-state index is 8.83. The van der Waals surface area contributed by atoms with Crippen LogP contribution < -0.4 is 11.1 Å². The Hall–Kier alpha value is -2.61. The molecule has 0 saturated heterocycles.